The van der Waals surface area contributed by atoms with Gasteiger partial charge in [0.25, 0.3) is 0 Å². The number of benzene rings is 1. The third kappa shape index (κ3) is 3.54. The van der Waals surface area contributed by atoms with Crippen LogP contribution in [0.2, 0.25) is 0 Å². The topological polar surface area (TPSA) is 108 Å². The van der Waals surface area contributed by atoms with E-state index in [2.05, 4.69) is 13.0 Å². The minimum absolute atomic E-state index is 0.0350. The maximum Gasteiger partial charge on any atom is 0.343 e. The molecule has 0 saturated carbocycles. The van der Waals surface area contributed by atoms with Crippen molar-refractivity contribution in [3.8, 4) is 23.3 Å². The van der Waals surface area contributed by atoms with E-state index in [4.69, 9.17) is 24.4 Å². The van der Waals surface area contributed by atoms with Gasteiger partial charge in [0.1, 0.15) is 23.2 Å². The van der Waals surface area contributed by atoms with Gasteiger partial charge in [-0.05, 0) is 31.0 Å². The van der Waals surface area contributed by atoms with Crippen LogP contribution in [0, 0.1) is 18.3 Å². The molecule has 2 N–H and O–H groups in total. The first kappa shape index (κ1) is 19.4. The van der Waals surface area contributed by atoms with Gasteiger partial charge in [-0.25, -0.2) is 4.79 Å². The van der Waals surface area contributed by atoms with Crippen LogP contribution in [0.15, 0.2) is 44.9 Å². The van der Waals surface area contributed by atoms with E-state index in [1.807, 2.05) is 0 Å². The van der Waals surface area contributed by atoms with Gasteiger partial charge >= 0.3 is 5.63 Å². The van der Waals surface area contributed by atoms with Gasteiger partial charge in [-0.15, -0.1) is 0 Å². The molecular weight excluding hydrogens is 360 g/mol. The van der Waals surface area contributed by atoms with Crippen LogP contribution >= 0.6 is 0 Å². The van der Waals surface area contributed by atoms with Crippen LogP contribution < -0.4 is 25.6 Å². The molecule has 2 aromatic rings. The van der Waals surface area contributed by atoms with Crippen molar-refractivity contribution in [2.24, 2.45) is 5.73 Å². The number of allylic oxidation sites excluding steroid dienone is 1. The summed E-state index contributed by atoms with van der Waals surface area (Å²) in [5.41, 5.74) is 6.42. The molecule has 1 aliphatic heterocycles. The van der Waals surface area contributed by atoms with E-state index < -0.39 is 11.5 Å². The summed E-state index contributed by atoms with van der Waals surface area (Å²) >= 11 is 0. The number of hydrogen-bond donors (Lipinski definition) is 1. The standard InChI is InChI=1S/C21H22N2O5/c1-4-5-8-26-15-7-6-13(10-16(15)25-3)18-14(11-22)20(23)28-17-9-12(2)27-21(24)19(17)18/h6-7,9-10,18H,4-5,8,23H2,1-3H3/t18-/m0/s1. The normalized spacial score (nSPS) is 15.4. The van der Waals surface area contributed by atoms with Crippen molar-refractivity contribution < 1.29 is 18.6 Å². The molecule has 0 spiro atoms. The number of nitriles is 1. The molecule has 3 rings (SSSR count). The first-order valence-corrected chi connectivity index (χ1v) is 9.03. The van der Waals surface area contributed by atoms with Gasteiger partial charge in [0, 0.05) is 6.07 Å². The quantitative estimate of drug-likeness (QED) is 0.763. The Balaban J connectivity index is 2.12. The number of rotatable bonds is 6. The number of hydrogen-bond acceptors (Lipinski definition) is 7. The Morgan fingerprint density at radius 2 is 2.07 bits per heavy atom. The van der Waals surface area contributed by atoms with Crippen molar-refractivity contribution in [2.45, 2.75) is 32.6 Å². The van der Waals surface area contributed by atoms with Crippen molar-refractivity contribution in [1.82, 2.24) is 0 Å². The first-order valence-electron chi connectivity index (χ1n) is 9.03. The Kier molecular flexibility index (Phi) is 5.59. The molecule has 1 aromatic carbocycles. The van der Waals surface area contributed by atoms with Crippen molar-refractivity contribution in [3.05, 3.63) is 63.0 Å². The third-order valence-corrected chi connectivity index (χ3v) is 4.53. The average molecular weight is 382 g/mol. The Morgan fingerprint density at radius 1 is 1.29 bits per heavy atom. The van der Waals surface area contributed by atoms with Gasteiger partial charge in [-0.3, -0.25) is 0 Å². The Morgan fingerprint density at radius 3 is 2.75 bits per heavy atom. The van der Waals surface area contributed by atoms with Gasteiger partial charge in [0.15, 0.2) is 11.5 Å². The van der Waals surface area contributed by atoms with Crippen LogP contribution in [0.5, 0.6) is 17.2 Å². The minimum atomic E-state index is -0.718. The Labute approximate surface area is 162 Å². The number of nitrogens with zero attached hydrogens (tertiary/aromatic N) is 1. The molecule has 1 atom stereocenters. The van der Waals surface area contributed by atoms with Crippen LogP contribution in [0.25, 0.3) is 0 Å². The van der Waals surface area contributed by atoms with Gasteiger partial charge in [0.05, 0.1) is 25.2 Å². The van der Waals surface area contributed by atoms with Crippen LogP contribution in [0.1, 0.15) is 42.6 Å². The maximum absolute atomic E-state index is 12.6. The second kappa shape index (κ2) is 8.09. The predicted octanol–water partition coefficient (Wildman–Crippen LogP) is 3.35. The molecule has 7 nitrogen and oxygen atoms in total. The lowest BCUT2D eigenvalue weighted by molar-refractivity contribution is 0.288. The fourth-order valence-corrected chi connectivity index (χ4v) is 3.16. The zero-order valence-electron chi connectivity index (χ0n) is 16.1. The highest BCUT2D eigenvalue weighted by Crippen LogP contribution is 2.42. The lowest BCUT2D eigenvalue weighted by Crippen LogP contribution is -2.26. The third-order valence-electron chi connectivity index (χ3n) is 4.53. The van der Waals surface area contributed by atoms with E-state index in [1.54, 1.807) is 31.2 Å². The van der Waals surface area contributed by atoms with E-state index in [9.17, 15) is 10.1 Å². The zero-order valence-corrected chi connectivity index (χ0v) is 16.1. The zero-order chi connectivity index (χ0) is 20.3. The van der Waals surface area contributed by atoms with Crippen molar-refractivity contribution in [3.63, 3.8) is 0 Å². The van der Waals surface area contributed by atoms with Crippen LogP contribution in [-0.4, -0.2) is 13.7 Å². The fraction of sp³-hybridized carbons (Fsp3) is 0.333. The predicted molar refractivity (Wildman–Crippen MR) is 102 cm³/mol. The molecule has 0 fully saturated rings. The van der Waals surface area contributed by atoms with Crippen LogP contribution in [0.4, 0.5) is 0 Å². The number of ether oxygens (including phenoxy) is 3. The number of methoxy groups -OCH3 is 1. The number of fused-ring (bicyclic) bond motifs is 1. The summed E-state index contributed by atoms with van der Waals surface area (Å²) in [5.74, 6) is 1.04. The van der Waals surface area contributed by atoms with Gasteiger partial charge in [-0.2, -0.15) is 5.26 Å². The molecule has 28 heavy (non-hydrogen) atoms. The first-order chi connectivity index (χ1) is 13.5. The van der Waals surface area contributed by atoms with E-state index >= 15 is 0 Å². The highest BCUT2D eigenvalue weighted by molar-refractivity contribution is 5.57. The summed E-state index contributed by atoms with van der Waals surface area (Å²) in [6, 6.07) is 8.93. The molecular formula is C21H22N2O5. The highest BCUT2D eigenvalue weighted by Gasteiger charge is 2.34. The molecule has 0 amide bonds. The van der Waals surface area contributed by atoms with Crippen molar-refractivity contribution in [2.75, 3.05) is 13.7 Å². The van der Waals surface area contributed by atoms with E-state index in [0.717, 1.165) is 12.8 Å². The summed E-state index contributed by atoms with van der Waals surface area (Å²) in [6.45, 7) is 4.30. The number of aryl methyl sites for hydroxylation is 1. The lowest BCUT2D eigenvalue weighted by atomic mass is 9.84. The second-order valence-corrected chi connectivity index (χ2v) is 6.46. The highest BCUT2D eigenvalue weighted by atomic mass is 16.5. The smallest absolute Gasteiger partial charge is 0.343 e. The summed E-state index contributed by atoms with van der Waals surface area (Å²) in [5, 5.41) is 9.63. The summed E-state index contributed by atoms with van der Waals surface area (Å²) in [4.78, 5) is 12.6. The average Bonchev–Trinajstić information content (AvgIpc) is 2.67. The molecule has 0 bridgehead atoms. The van der Waals surface area contributed by atoms with E-state index in [-0.39, 0.29) is 22.8 Å². The van der Waals surface area contributed by atoms with Gasteiger partial charge in [-0.1, -0.05) is 19.4 Å². The van der Waals surface area contributed by atoms with Gasteiger partial charge in [0.2, 0.25) is 5.88 Å². The van der Waals surface area contributed by atoms with E-state index in [1.165, 1.54) is 7.11 Å². The molecule has 1 aliphatic rings. The molecule has 2 heterocycles. The second-order valence-electron chi connectivity index (χ2n) is 6.46. The SMILES string of the molecule is CCCCOc1ccc([C@H]2C(C#N)=C(N)Oc3cc(C)oc(=O)c32)cc1OC. The summed E-state index contributed by atoms with van der Waals surface area (Å²) < 4.78 is 22.0. The number of unbranched alkanes of at least 4 members (excludes halogenated alkanes) is 1. The van der Waals surface area contributed by atoms with Crippen LogP contribution in [0.3, 0.4) is 0 Å². The van der Waals surface area contributed by atoms with Crippen LogP contribution in [-0.2, 0) is 0 Å². The summed E-state index contributed by atoms with van der Waals surface area (Å²) in [6.07, 6.45) is 1.94. The van der Waals surface area contributed by atoms with Gasteiger partial charge < -0.3 is 24.4 Å². The molecule has 0 unspecified atom stereocenters. The Bertz CT molecular complexity index is 1020. The molecule has 0 saturated heterocycles. The van der Waals surface area contributed by atoms with E-state index in [0.29, 0.717) is 29.4 Å². The van der Waals surface area contributed by atoms with Crippen molar-refractivity contribution in [1.29, 1.82) is 5.26 Å². The minimum Gasteiger partial charge on any atom is -0.493 e. The fourth-order valence-electron chi connectivity index (χ4n) is 3.16. The molecule has 7 heteroatoms. The lowest BCUT2D eigenvalue weighted by Gasteiger charge is -2.25. The maximum atomic E-state index is 12.6. The largest absolute Gasteiger partial charge is 0.493 e. The molecule has 1 aromatic heterocycles. The molecule has 0 aliphatic carbocycles. The van der Waals surface area contributed by atoms with Crippen molar-refractivity contribution >= 4 is 0 Å². The molecule has 0 radical (unpaired) electrons. The summed E-state index contributed by atoms with van der Waals surface area (Å²) in [7, 11) is 1.54. The molecule has 146 valence electrons. The monoisotopic (exact) mass is 382 g/mol. The number of nitrogens with two attached hydrogens (primary N) is 1. The Hall–Kier alpha value is -3.40.